The van der Waals surface area contributed by atoms with Crippen LogP contribution in [0.3, 0.4) is 0 Å². The molecule has 3 N–H and O–H groups in total. The van der Waals surface area contributed by atoms with E-state index >= 15 is 0 Å². The van der Waals surface area contributed by atoms with E-state index in [1.165, 1.54) is 38.4 Å². The van der Waals surface area contributed by atoms with Crippen molar-refractivity contribution in [2.24, 2.45) is 5.92 Å². The van der Waals surface area contributed by atoms with Crippen molar-refractivity contribution in [2.75, 3.05) is 0 Å². The first-order valence-electron chi connectivity index (χ1n) is 8.04. The van der Waals surface area contributed by atoms with Crippen LogP contribution in [0.4, 0.5) is 0 Å². The van der Waals surface area contributed by atoms with E-state index in [4.69, 9.17) is 4.42 Å². The summed E-state index contributed by atoms with van der Waals surface area (Å²) >= 11 is 0. The first-order valence-corrected chi connectivity index (χ1v) is 8.04. The lowest BCUT2D eigenvalue weighted by Gasteiger charge is -2.20. The number of nitrogens with one attached hydrogen (secondary N) is 3. The van der Waals surface area contributed by atoms with Crippen LogP contribution in [0, 0.1) is 5.92 Å². The van der Waals surface area contributed by atoms with Crippen molar-refractivity contribution in [3.8, 4) is 0 Å². The zero-order chi connectivity index (χ0) is 16.5. The molecule has 1 aromatic heterocycles. The molecule has 0 saturated heterocycles. The molecule has 0 radical (unpaired) electrons. The summed E-state index contributed by atoms with van der Waals surface area (Å²) in [6.07, 6.45) is 8.77. The maximum atomic E-state index is 11.7. The van der Waals surface area contributed by atoms with Gasteiger partial charge >= 0.3 is 11.8 Å². The molecule has 0 spiro atoms. The Morgan fingerprint density at radius 1 is 1.09 bits per heavy atom. The van der Waals surface area contributed by atoms with Gasteiger partial charge in [0.05, 0.1) is 12.8 Å². The number of rotatable bonds is 5. The minimum Gasteiger partial charge on any atom is -0.467 e. The van der Waals surface area contributed by atoms with Crippen molar-refractivity contribution in [2.45, 2.75) is 51.5 Å². The third-order valence-electron chi connectivity index (χ3n) is 4.03. The number of hydrogen-bond donors (Lipinski definition) is 3. The molecule has 23 heavy (non-hydrogen) atoms. The highest BCUT2D eigenvalue weighted by atomic mass is 16.3. The van der Waals surface area contributed by atoms with Crippen LogP contribution in [-0.4, -0.2) is 17.7 Å². The van der Waals surface area contributed by atoms with Crippen molar-refractivity contribution < 1.29 is 18.8 Å². The number of carbonyl (C=O) groups excluding carboxylic acids is 3. The fourth-order valence-corrected chi connectivity index (χ4v) is 2.72. The lowest BCUT2D eigenvalue weighted by molar-refractivity contribution is -0.141. The molecule has 0 aliphatic heterocycles. The largest absolute Gasteiger partial charge is 0.467 e. The maximum Gasteiger partial charge on any atom is 0.327 e. The monoisotopic (exact) mass is 321 g/mol. The Hall–Kier alpha value is -2.31. The Balaban J connectivity index is 1.58. The van der Waals surface area contributed by atoms with E-state index in [9.17, 15) is 14.4 Å². The third kappa shape index (κ3) is 6.14. The smallest absolute Gasteiger partial charge is 0.327 e. The van der Waals surface area contributed by atoms with Gasteiger partial charge in [0.15, 0.2) is 0 Å². The van der Waals surface area contributed by atoms with E-state index < -0.39 is 11.8 Å². The lowest BCUT2D eigenvalue weighted by Crippen LogP contribution is -2.48. The number of carbonyl (C=O) groups is 3. The number of hydrogen-bond acceptors (Lipinski definition) is 4. The van der Waals surface area contributed by atoms with E-state index in [0.29, 0.717) is 18.1 Å². The Morgan fingerprint density at radius 2 is 1.87 bits per heavy atom. The average molecular weight is 321 g/mol. The number of amides is 3. The van der Waals surface area contributed by atoms with Crippen LogP contribution >= 0.6 is 0 Å². The third-order valence-corrected chi connectivity index (χ3v) is 4.03. The topological polar surface area (TPSA) is 100 Å². The van der Waals surface area contributed by atoms with Gasteiger partial charge in [0.1, 0.15) is 5.76 Å². The fourth-order valence-electron chi connectivity index (χ4n) is 2.72. The van der Waals surface area contributed by atoms with Crippen molar-refractivity contribution in [3.63, 3.8) is 0 Å². The number of furan rings is 1. The molecule has 0 unspecified atom stereocenters. The molecule has 1 heterocycles. The first-order chi connectivity index (χ1) is 11.1. The molecule has 3 amide bonds. The SMILES string of the molecule is O=C(CCC1CCCCC1)NNC(=O)C(=O)NCc1ccco1. The quantitative estimate of drug-likeness (QED) is 0.564. The molecule has 7 heteroatoms. The summed E-state index contributed by atoms with van der Waals surface area (Å²) in [7, 11) is 0. The van der Waals surface area contributed by atoms with Crippen molar-refractivity contribution in [1.29, 1.82) is 0 Å². The summed E-state index contributed by atoms with van der Waals surface area (Å²) in [5.74, 6) is -0.858. The molecule has 2 rings (SSSR count). The number of hydrazine groups is 1. The van der Waals surface area contributed by atoms with E-state index in [-0.39, 0.29) is 12.5 Å². The minimum absolute atomic E-state index is 0.120. The summed E-state index contributed by atoms with van der Waals surface area (Å²) in [6.45, 7) is 0.120. The van der Waals surface area contributed by atoms with Gasteiger partial charge in [0.2, 0.25) is 5.91 Å². The fraction of sp³-hybridized carbons (Fsp3) is 0.562. The molecule has 0 aromatic carbocycles. The van der Waals surface area contributed by atoms with Gasteiger partial charge in [-0.05, 0) is 24.5 Å². The van der Waals surface area contributed by atoms with Gasteiger partial charge < -0.3 is 9.73 Å². The van der Waals surface area contributed by atoms with Crippen LogP contribution in [0.2, 0.25) is 0 Å². The minimum atomic E-state index is -0.900. The van der Waals surface area contributed by atoms with Gasteiger partial charge in [0.25, 0.3) is 0 Å². The summed E-state index contributed by atoms with van der Waals surface area (Å²) in [6, 6.07) is 3.37. The van der Waals surface area contributed by atoms with E-state index in [0.717, 1.165) is 6.42 Å². The van der Waals surface area contributed by atoms with E-state index in [1.54, 1.807) is 12.1 Å². The predicted molar refractivity (Wildman–Crippen MR) is 82.6 cm³/mol. The molecule has 1 aromatic rings. The van der Waals surface area contributed by atoms with Crippen molar-refractivity contribution in [3.05, 3.63) is 24.2 Å². The highest BCUT2D eigenvalue weighted by Crippen LogP contribution is 2.26. The lowest BCUT2D eigenvalue weighted by atomic mass is 9.86. The normalized spacial score (nSPS) is 15.0. The zero-order valence-corrected chi connectivity index (χ0v) is 13.1. The Kier molecular flexibility index (Phi) is 6.65. The van der Waals surface area contributed by atoms with Crippen LogP contribution in [0.15, 0.2) is 22.8 Å². The molecule has 0 bridgehead atoms. The molecule has 1 aliphatic carbocycles. The molecular formula is C16H23N3O4. The van der Waals surface area contributed by atoms with Gasteiger partial charge in [0, 0.05) is 6.42 Å². The van der Waals surface area contributed by atoms with Crippen LogP contribution < -0.4 is 16.2 Å². The molecule has 1 saturated carbocycles. The van der Waals surface area contributed by atoms with Crippen LogP contribution in [-0.2, 0) is 20.9 Å². The summed E-state index contributed by atoms with van der Waals surface area (Å²) < 4.78 is 5.04. The summed E-state index contributed by atoms with van der Waals surface area (Å²) in [5, 5.41) is 2.40. The molecule has 7 nitrogen and oxygen atoms in total. The molecule has 1 fully saturated rings. The molecular weight excluding hydrogens is 298 g/mol. The van der Waals surface area contributed by atoms with Gasteiger partial charge in [-0.3, -0.25) is 25.2 Å². The van der Waals surface area contributed by atoms with Crippen LogP contribution in [0.5, 0.6) is 0 Å². The first kappa shape index (κ1) is 17.1. The Bertz CT molecular complexity index is 521. The predicted octanol–water partition coefficient (Wildman–Crippen LogP) is 1.40. The van der Waals surface area contributed by atoms with Gasteiger partial charge in [-0.25, -0.2) is 0 Å². The van der Waals surface area contributed by atoms with Gasteiger partial charge in [-0.2, -0.15) is 0 Å². The summed E-state index contributed by atoms with van der Waals surface area (Å²) in [4.78, 5) is 34.8. The molecule has 126 valence electrons. The van der Waals surface area contributed by atoms with Gasteiger partial charge in [-0.15, -0.1) is 0 Å². The van der Waals surface area contributed by atoms with E-state index in [1.807, 2.05) is 0 Å². The zero-order valence-electron chi connectivity index (χ0n) is 13.1. The van der Waals surface area contributed by atoms with E-state index in [2.05, 4.69) is 16.2 Å². The Labute approximate surface area is 135 Å². The highest BCUT2D eigenvalue weighted by molar-refractivity contribution is 6.35. The molecule has 0 atom stereocenters. The maximum absolute atomic E-state index is 11.7. The van der Waals surface area contributed by atoms with Gasteiger partial charge in [-0.1, -0.05) is 32.1 Å². The second-order valence-corrected chi connectivity index (χ2v) is 5.81. The molecule has 1 aliphatic rings. The summed E-state index contributed by atoms with van der Waals surface area (Å²) in [5.41, 5.74) is 4.39. The second-order valence-electron chi connectivity index (χ2n) is 5.81. The second kappa shape index (κ2) is 8.97. The standard InChI is InChI=1S/C16H23N3O4/c20-14(9-8-12-5-2-1-3-6-12)18-19-16(22)15(21)17-11-13-7-4-10-23-13/h4,7,10,12H,1-3,5-6,8-9,11H2,(H,17,21)(H,18,20)(H,19,22). The average Bonchev–Trinajstić information content (AvgIpc) is 3.10. The van der Waals surface area contributed by atoms with Crippen LogP contribution in [0.1, 0.15) is 50.7 Å². The van der Waals surface area contributed by atoms with Crippen LogP contribution in [0.25, 0.3) is 0 Å². The van der Waals surface area contributed by atoms with Crippen molar-refractivity contribution >= 4 is 17.7 Å². The van der Waals surface area contributed by atoms with Crippen molar-refractivity contribution in [1.82, 2.24) is 16.2 Å². The Morgan fingerprint density at radius 3 is 2.57 bits per heavy atom. The highest BCUT2D eigenvalue weighted by Gasteiger charge is 2.17.